The van der Waals surface area contributed by atoms with E-state index in [1.54, 1.807) is 21.9 Å². The maximum Gasteiger partial charge on any atom is 0.251 e. The molecule has 2 saturated heterocycles. The van der Waals surface area contributed by atoms with Gasteiger partial charge in [0.05, 0.1) is 12.6 Å². The fourth-order valence-corrected chi connectivity index (χ4v) is 6.47. The summed E-state index contributed by atoms with van der Waals surface area (Å²) >= 11 is 0. The number of rotatable bonds is 9. The van der Waals surface area contributed by atoms with Gasteiger partial charge in [-0.05, 0) is 61.8 Å². The number of fused-ring (bicyclic) bond motifs is 1. The summed E-state index contributed by atoms with van der Waals surface area (Å²) in [7, 11) is 3.84. The van der Waals surface area contributed by atoms with Crippen molar-refractivity contribution in [3.63, 3.8) is 0 Å². The molecule has 4 atom stereocenters. The fourth-order valence-electron chi connectivity index (χ4n) is 6.47. The van der Waals surface area contributed by atoms with Gasteiger partial charge < -0.3 is 25.3 Å². The molecule has 2 aliphatic heterocycles. The lowest BCUT2D eigenvalue weighted by Gasteiger charge is -2.31. The van der Waals surface area contributed by atoms with Crippen LogP contribution in [-0.4, -0.2) is 90.6 Å². The van der Waals surface area contributed by atoms with E-state index >= 15 is 0 Å². The number of benzene rings is 1. The van der Waals surface area contributed by atoms with Gasteiger partial charge in [0.1, 0.15) is 18.1 Å². The van der Waals surface area contributed by atoms with Crippen molar-refractivity contribution in [3.8, 4) is 0 Å². The second kappa shape index (κ2) is 12.4. The van der Waals surface area contributed by atoms with Gasteiger partial charge in [-0.15, -0.1) is 0 Å². The number of hydrogen-bond donors (Lipinski definition) is 2. The lowest BCUT2D eigenvalue weighted by Crippen LogP contribution is -2.54. The van der Waals surface area contributed by atoms with Crippen molar-refractivity contribution < 1.29 is 24.0 Å². The lowest BCUT2D eigenvalue weighted by atomic mass is 9.96. The summed E-state index contributed by atoms with van der Waals surface area (Å²) in [5.74, 6) is -1.12. The number of anilines is 1. The van der Waals surface area contributed by atoms with Crippen molar-refractivity contribution in [1.82, 2.24) is 20.4 Å². The van der Waals surface area contributed by atoms with Crippen LogP contribution < -0.4 is 15.5 Å². The largest absolute Gasteiger partial charge is 0.378 e. The lowest BCUT2D eigenvalue weighted by molar-refractivity contribution is -0.139. The van der Waals surface area contributed by atoms with Gasteiger partial charge in [0.2, 0.25) is 17.7 Å². The predicted molar refractivity (Wildman–Crippen MR) is 152 cm³/mol. The monoisotopic (exact) mass is 553 g/mol. The van der Waals surface area contributed by atoms with Crippen molar-refractivity contribution in [2.45, 2.75) is 83.5 Å². The fraction of sp³-hybridized carbons (Fsp3) is 0.633. The molecule has 2 heterocycles. The number of nitrogens with zero attached hydrogens (tertiary/aromatic N) is 3. The van der Waals surface area contributed by atoms with E-state index in [-0.39, 0.29) is 47.8 Å². The average Bonchev–Trinajstić information content (AvgIpc) is 3.65. The van der Waals surface area contributed by atoms with E-state index in [1.165, 1.54) is 6.92 Å². The van der Waals surface area contributed by atoms with Crippen molar-refractivity contribution in [2.75, 3.05) is 32.1 Å². The highest BCUT2D eigenvalue weighted by molar-refractivity contribution is 6.01. The van der Waals surface area contributed by atoms with E-state index in [0.29, 0.717) is 24.9 Å². The van der Waals surface area contributed by atoms with Gasteiger partial charge in [-0.2, -0.15) is 0 Å². The molecule has 0 radical (unpaired) electrons. The van der Waals surface area contributed by atoms with Gasteiger partial charge in [-0.25, -0.2) is 0 Å². The Kier molecular flexibility index (Phi) is 9.15. The van der Waals surface area contributed by atoms with Crippen LogP contribution in [0.15, 0.2) is 24.3 Å². The second-order valence-electron chi connectivity index (χ2n) is 12.1. The highest BCUT2D eigenvalue weighted by atomic mass is 16.2. The number of ketones is 1. The SMILES string of the molecule is CC(=O)NC(C(=O)N1CC(=O)C2C1CCN2C(=O)C(CC(C)C)NC(=O)c1ccc(N(C)C)cc1)C1CCCC1. The molecule has 218 valence electrons. The van der Waals surface area contributed by atoms with Crippen molar-refractivity contribution in [1.29, 1.82) is 0 Å². The Morgan fingerprint density at radius 2 is 1.60 bits per heavy atom. The third-order valence-electron chi connectivity index (χ3n) is 8.44. The summed E-state index contributed by atoms with van der Waals surface area (Å²) < 4.78 is 0. The van der Waals surface area contributed by atoms with E-state index in [9.17, 15) is 24.0 Å². The van der Waals surface area contributed by atoms with Gasteiger partial charge >= 0.3 is 0 Å². The standard InChI is InChI=1S/C30H43N5O5/c1-18(2)16-23(32-28(38)21-10-12-22(13-11-21)33(4)5)29(39)34-15-14-24-27(34)25(37)17-35(24)30(40)26(31-19(3)36)20-8-6-7-9-20/h10-13,18,20,23-24,26-27H,6-9,14-17H2,1-5H3,(H,31,36)(H,32,38). The number of carbonyl (C=O) groups is 5. The molecular formula is C30H43N5O5. The maximum atomic E-state index is 13.8. The van der Waals surface area contributed by atoms with E-state index < -0.39 is 24.2 Å². The average molecular weight is 554 g/mol. The summed E-state index contributed by atoms with van der Waals surface area (Å²) in [6.45, 7) is 5.64. The Labute approximate surface area is 236 Å². The first-order valence-corrected chi connectivity index (χ1v) is 14.5. The Morgan fingerprint density at radius 1 is 0.950 bits per heavy atom. The highest BCUT2D eigenvalue weighted by Crippen LogP contribution is 2.34. The number of carbonyl (C=O) groups excluding carboxylic acids is 5. The summed E-state index contributed by atoms with van der Waals surface area (Å²) in [6, 6.07) is 4.57. The third-order valence-corrected chi connectivity index (χ3v) is 8.44. The number of likely N-dealkylation sites (tertiary alicyclic amines) is 2. The summed E-state index contributed by atoms with van der Waals surface area (Å²) in [5.41, 5.74) is 1.41. The van der Waals surface area contributed by atoms with Crippen LogP contribution in [0.3, 0.4) is 0 Å². The first-order chi connectivity index (χ1) is 19.0. The Hall–Kier alpha value is -3.43. The number of Topliss-reactive ketones (excluding diaryl/α,β-unsaturated/α-hetero) is 1. The van der Waals surface area contributed by atoms with E-state index in [1.807, 2.05) is 45.0 Å². The minimum Gasteiger partial charge on any atom is -0.378 e. The molecule has 10 nitrogen and oxygen atoms in total. The third kappa shape index (κ3) is 6.31. The molecule has 3 aliphatic rings. The van der Waals surface area contributed by atoms with Crippen LogP contribution in [0.2, 0.25) is 0 Å². The van der Waals surface area contributed by atoms with Crippen LogP contribution in [0, 0.1) is 11.8 Å². The van der Waals surface area contributed by atoms with E-state index in [2.05, 4.69) is 10.6 Å². The van der Waals surface area contributed by atoms with Gasteiger partial charge in [-0.3, -0.25) is 24.0 Å². The van der Waals surface area contributed by atoms with Gasteiger partial charge in [0.25, 0.3) is 5.91 Å². The zero-order valence-electron chi connectivity index (χ0n) is 24.3. The first kappa shape index (κ1) is 29.6. The summed E-state index contributed by atoms with van der Waals surface area (Å²) in [4.78, 5) is 70.9. The van der Waals surface area contributed by atoms with Crippen LogP contribution in [0.5, 0.6) is 0 Å². The van der Waals surface area contributed by atoms with Gasteiger partial charge in [-0.1, -0.05) is 26.7 Å². The molecular weight excluding hydrogens is 510 g/mol. The molecule has 10 heteroatoms. The molecule has 4 rings (SSSR count). The Bertz CT molecular complexity index is 1130. The van der Waals surface area contributed by atoms with Crippen LogP contribution in [0.1, 0.15) is 69.7 Å². The normalized spacial score (nSPS) is 22.3. The molecule has 0 aromatic heterocycles. The van der Waals surface area contributed by atoms with Gasteiger partial charge in [0, 0.05) is 38.8 Å². The predicted octanol–water partition coefficient (Wildman–Crippen LogP) is 1.97. The van der Waals surface area contributed by atoms with Crippen LogP contribution in [-0.2, 0) is 19.2 Å². The molecule has 0 spiro atoms. The topological polar surface area (TPSA) is 119 Å². The molecule has 3 fully saturated rings. The van der Waals surface area contributed by atoms with Crippen LogP contribution in [0.25, 0.3) is 0 Å². The summed E-state index contributed by atoms with van der Waals surface area (Å²) in [6.07, 6.45) is 4.68. The minimum atomic E-state index is -0.789. The number of amides is 4. The van der Waals surface area contributed by atoms with Crippen molar-refractivity contribution in [3.05, 3.63) is 29.8 Å². The smallest absolute Gasteiger partial charge is 0.251 e. The first-order valence-electron chi connectivity index (χ1n) is 14.5. The minimum absolute atomic E-state index is 0.0575. The van der Waals surface area contributed by atoms with Crippen LogP contribution in [0.4, 0.5) is 5.69 Å². The molecule has 1 saturated carbocycles. The van der Waals surface area contributed by atoms with E-state index in [4.69, 9.17) is 0 Å². The maximum absolute atomic E-state index is 13.8. The zero-order chi connectivity index (χ0) is 29.1. The highest BCUT2D eigenvalue weighted by Gasteiger charge is 2.53. The molecule has 2 N–H and O–H groups in total. The second-order valence-corrected chi connectivity index (χ2v) is 12.1. The molecule has 1 aromatic carbocycles. The van der Waals surface area contributed by atoms with Crippen molar-refractivity contribution >= 4 is 35.1 Å². The molecule has 4 unspecified atom stereocenters. The van der Waals surface area contributed by atoms with Crippen LogP contribution >= 0.6 is 0 Å². The number of hydrogen-bond acceptors (Lipinski definition) is 6. The molecule has 40 heavy (non-hydrogen) atoms. The Morgan fingerprint density at radius 3 is 2.17 bits per heavy atom. The number of nitrogens with one attached hydrogen (secondary N) is 2. The molecule has 1 aromatic rings. The zero-order valence-corrected chi connectivity index (χ0v) is 24.3. The Balaban J connectivity index is 1.49. The molecule has 4 amide bonds. The quantitative estimate of drug-likeness (QED) is 0.483. The van der Waals surface area contributed by atoms with E-state index in [0.717, 1.165) is 31.4 Å². The molecule has 0 bridgehead atoms. The van der Waals surface area contributed by atoms with Gasteiger partial charge in [0.15, 0.2) is 5.78 Å². The summed E-state index contributed by atoms with van der Waals surface area (Å²) in [5, 5.41) is 5.75. The van der Waals surface area contributed by atoms with Crippen molar-refractivity contribution in [2.24, 2.45) is 11.8 Å². The molecule has 1 aliphatic carbocycles.